The van der Waals surface area contributed by atoms with Gasteiger partial charge in [0, 0.05) is 13.2 Å². The molecule has 6 nitrogen and oxygen atoms in total. The van der Waals surface area contributed by atoms with Crippen LogP contribution in [0.25, 0.3) is 0 Å². The molecule has 1 aliphatic rings. The van der Waals surface area contributed by atoms with E-state index in [9.17, 15) is 14.7 Å². The van der Waals surface area contributed by atoms with Crippen molar-refractivity contribution in [1.82, 2.24) is 15.5 Å². The third-order valence-corrected chi connectivity index (χ3v) is 4.52. The number of aromatic amines is 1. The van der Waals surface area contributed by atoms with Crippen LogP contribution < -0.4 is 10.9 Å². The Bertz CT molecular complexity index is 568. The molecule has 3 N–H and O–H groups in total. The van der Waals surface area contributed by atoms with Crippen LogP contribution in [0.4, 0.5) is 0 Å². The lowest BCUT2D eigenvalue weighted by molar-refractivity contribution is 0.0907. The predicted molar refractivity (Wildman–Crippen MR) is 79.2 cm³/mol. The number of aliphatic hydroxyl groups excluding tert-OH is 1. The first kappa shape index (κ1) is 15.7. The van der Waals surface area contributed by atoms with E-state index in [-0.39, 0.29) is 29.9 Å². The fourth-order valence-electron chi connectivity index (χ4n) is 3.00. The molecule has 21 heavy (non-hydrogen) atoms. The van der Waals surface area contributed by atoms with Crippen molar-refractivity contribution >= 4 is 5.91 Å². The molecular formula is C15H23N3O3. The molecule has 0 radical (unpaired) electrons. The first-order valence-corrected chi connectivity index (χ1v) is 7.49. The molecule has 1 aromatic heterocycles. The summed E-state index contributed by atoms with van der Waals surface area (Å²) >= 11 is 0. The molecule has 2 rings (SSSR count). The fourth-order valence-corrected chi connectivity index (χ4v) is 3.00. The minimum atomic E-state index is -0.460. The van der Waals surface area contributed by atoms with Crippen molar-refractivity contribution in [2.75, 3.05) is 13.2 Å². The maximum Gasteiger partial charge on any atom is 0.277 e. The predicted octanol–water partition coefficient (Wildman–Crippen LogP) is 0.915. The van der Waals surface area contributed by atoms with Crippen molar-refractivity contribution in [1.29, 1.82) is 0 Å². The quantitative estimate of drug-likeness (QED) is 0.769. The van der Waals surface area contributed by atoms with Crippen LogP contribution in [0.5, 0.6) is 0 Å². The van der Waals surface area contributed by atoms with Crippen LogP contribution >= 0.6 is 0 Å². The monoisotopic (exact) mass is 293 g/mol. The molecule has 6 heteroatoms. The number of hydrogen-bond donors (Lipinski definition) is 3. The number of hydrogen-bond acceptors (Lipinski definition) is 4. The maximum atomic E-state index is 12.3. The number of nitrogens with zero attached hydrogens (tertiary/aromatic N) is 1. The molecule has 0 spiro atoms. The summed E-state index contributed by atoms with van der Waals surface area (Å²) in [5.74, 6) is 0.175. The van der Waals surface area contributed by atoms with Gasteiger partial charge < -0.3 is 10.4 Å². The zero-order valence-electron chi connectivity index (χ0n) is 12.6. The molecule has 1 aromatic rings. The zero-order chi connectivity index (χ0) is 15.4. The Balaban J connectivity index is 2.05. The number of amides is 1. The van der Waals surface area contributed by atoms with E-state index in [1.807, 2.05) is 0 Å². The van der Waals surface area contributed by atoms with Crippen molar-refractivity contribution in [2.24, 2.45) is 11.8 Å². The molecule has 116 valence electrons. The van der Waals surface area contributed by atoms with Gasteiger partial charge in [-0.1, -0.05) is 12.8 Å². The van der Waals surface area contributed by atoms with Crippen LogP contribution in [0.15, 0.2) is 4.79 Å². The number of rotatable bonds is 4. The van der Waals surface area contributed by atoms with Gasteiger partial charge in [-0.3, -0.25) is 9.59 Å². The Morgan fingerprint density at radius 2 is 2.00 bits per heavy atom. The summed E-state index contributed by atoms with van der Waals surface area (Å²) in [5, 5.41) is 18.4. The Morgan fingerprint density at radius 3 is 2.67 bits per heavy atom. The smallest absolute Gasteiger partial charge is 0.277 e. The van der Waals surface area contributed by atoms with Crippen LogP contribution in [0.1, 0.15) is 47.3 Å². The molecule has 0 saturated heterocycles. The molecule has 0 bridgehead atoms. The third kappa shape index (κ3) is 3.50. The van der Waals surface area contributed by atoms with E-state index < -0.39 is 5.56 Å². The van der Waals surface area contributed by atoms with Gasteiger partial charge in [0.25, 0.3) is 11.5 Å². The third-order valence-electron chi connectivity index (χ3n) is 4.52. The normalized spacial score (nSPS) is 22.0. The van der Waals surface area contributed by atoms with Gasteiger partial charge in [0.1, 0.15) is 5.56 Å². The second-order valence-corrected chi connectivity index (χ2v) is 5.84. The summed E-state index contributed by atoms with van der Waals surface area (Å²) < 4.78 is 0. The molecule has 1 heterocycles. The molecule has 1 saturated carbocycles. The van der Waals surface area contributed by atoms with Crippen molar-refractivity contribution in [2.45, 2.75) is 39.5 Å². The molecule has 1 fully saturated rings. The minimum absolute atomic E-state index is 0.138. The summed E-state index contributed by atoms with van der Waals surface area (Å²) in [6.45, 7) is 4.15. The molecule has 2 unspecified atom stereocenters. The standard InChI is InChI=1S/C15H23N3O3/c1-9-10(2)17-18-15(21)13(9)14(20)16-7-11-5-3-4-6-12(11)8-19/h11-12,19H,3-8H2,1-2H3,(H,16,20)(H,18,21). The topological polar surface area (TPSA) is 95.1 Å². The Labute approximate surface area is 124 Å². The van der Waals surface area contributed by atoms with Crippen LogP contribution in [0.3, 0.4) is 0 Å². The fraction of sp³-hybridized carbons (Fsp3) is 0.667. The Kier molecular flexibility index (Phi) is 5.12. The zero-order valence-corrected chi connectivity index (χ0v) is 12.6. The van der Waals surface area contributed by atoms with E-state index in [4.69, 9.17) is 0 Å². The van der Waals surface area contributed by atoms with E-state index in [1.54, 1.807) is 13.8 Å². The van der Waals surface area contributed by atoms with Crippen LogP contribution in [-0.4, -0.2) is 34.4 Å². The van der Waals surface area contributed by atoms with E-state index in [0.29, 0.717) is 17.8 Å². The lowest BCUT2D eigenvalue weighted by Gasteiger charge is -2.30. The van der Waals surface area contributed by atoms with Gasteiger partial charge >= 0.3 is 0 Å². The van der Waals surface area contributed by atoms with Gasteiger partial charge in [0.05, 0.1) is 5.69 Å². The second kappa shape index (κ2) is 6.85. The summed E-state index contributed by atoms with van der Waals surface area (Å²) in [6.07, 6.45) is 4.28. The lowest BCUT2D eigenvalue weighted by atomic mass is 9.79. The number of H-pyrrole nitrogens is 1. The Morgan fingerprint density at radius 1 is 1.33 bits per heavy atom. The van der Waals surface area contributed by atoms with E-state index in [1.165, 1.54) is 0 Å². The highest BCUT2D eigenvalue weighted by Crippen LogP contribution is 2.29. The van der Waals surface area contributed by atoms with E-state index in [2.05, 4.69) is 15.5 Å². The largest absolute Gasteiger partial charge is 0.396 e. The van der Waals surface area contributed by atoms with E-state index in [0.717, 1.165) is 25.7 Å². The van der Waals surface area contributed by atoms with E-state index >= 15 is 0 Å². The van der Waals surface area contributed by atoms with Gasteiger partial charge in [-0.25, -0.2) is 5.10 Å². The van der Waals surface area contributed by atoms with Gasteiger partial charge in [-0.05, 0) is 44.1 Å². The molecule has 0 aliphatic heterocycles. The van der Waals surface area contributed by atoms with Crippen molar-refractivity contribution in [3.63, 3.8) is 0 Å². The van der Waals surface area contributed by atoms with Gasteiger partial charge in [-0.15, -0.1) is 0 Å². The van der Waals surface area contributed by atoms with Crippen LogP contribution in [0, 0.1) is 25.7 Å². The first-order valence-electron chi connectivity index (χ1n) is 7.49. The Hall–Kier alpha value is -1.69. The first-order chi connectivity index (χ1) is 10.0. The van der Waals surface area contributed by atoms with Crippen molar-refractivity contribution in [3.05, 3.63) is 27.2 Å². The number of aryl methyl sites for hydroxylation is 1. The summed E-state index contributed by atoms with van der Waals surface area (Å²) in [7, 11) is 0. The SMILES string of the molecule is Cc1n[nH]c(=O)c(C(=O)NCC2CCCCC2CO)c1C. The number of aliphatic hydroxyl groups is 1. The molecule has 0 aromatic carbocycles. The highest BCUT2D eigenvalue weighted by atomic mass is 16.3. The average molecular weight is 293 g/mol. The number of carbonyl (C=O) groups is 1. The lowest BCUT2D eigenvalue weighted by Crippen LogP contribution is -2.38. The molecule has 1 aliphatic carbocycles. The van der Waals surface area contributed by atoms with Crippen LogP contribution in [-0.2, 0) is 0 Å². The molecule has 2 atom stereocenters. The number of carbonyl (C=O) groups excluding carboxylic acids is 1. The molecular weight excluding hydrogens is 270 g/mol. The van der Waals surface area contributed by atoms with Gasteiger partial charge in [0.2, 0.25) is 0 Å². The van der Waals surface area contributed by atoms with Crippen molar-refractivity contribution < 1.29 is 9.90 Å². The minimum Gasteiger partial charge on any atom is -0.396 e. The average Bonchev–Trinajstić information content (AvgIpc) is 2.49. The summed E-state index contributed by atoms with van der Waals surface area (Å²) in [6, 6.07) is 0. The van der Waals surface area contributed by atoms with Crippen LogP contribution in [0.2, 0.25) is 0 Å². The highest BCUT2D eigenvalue weighted by Gasteiger charge is 2.25. The number of aromatic nitrogens is 2. The second-order valence-electron chi connectivity index (χ2n) is 5.84. The highest BCUT2D eigenvalue weighted by molar-refractivity contribution is 5.95. The van der Waals surface area contributed by atoms with Gasteiger partial charge in [-0.2, -0.15) is 5.10 Å². The summed E-state index contributed by atoms with van der Waals surface area (Å²) in [4.78, 5) is 24.0. The molecule has 1 amide bonds. The maximum absolute atomic E-state index is 12.3. The number of nitrogens with one attached hydrogen (secondary N) is 2. The van der Waals surface area contributed by atoms with Crippen molar-refractivity contribution in [3.8, 4) is 0 Å². The summed E-state index contributed by atoms with van der Waals surface area (Å²) in [5.41, 5.74) is 0.932. The van der Waals surface area contributed by atoms with Gasteiger partial charge in [0.15, 0.2) is 0 Å².